The summed E-state index contributed by atoms with van der Waals surface area (Å²) in [5, 5.41) is 4.48. The van der Waals surface area contributed by atoms with Crippen molar-refractivity contribution in [3.05, 3.63) is 26.8 Å². The molecule has 94 valence electrons. The van der Waals surface area contributed by atoms with Crippen LogP contribution < -0.4 is 5.32 Å². The molecule has 2 rings (SSSR count). The third-order valence-electron chi connectivity index (χ3n) is 3.50. The van der Waals surface area contributed by atoms with Crippen LogP contribution in [-0.4, -0.2) is 6.04 Å². The van der Waals surface area contributed by atoms with Crippen LogP contribution in [0.4, 0.5) is 5.69 Å². The van der Waals surface area contributed by atoms with E-state index in [4.69, 9.17) is 11.6 Å². The molecule has 1 saturated carbocycles. The SMILES string of the molecule is CC1(C)CCCC(Nc2ccc(Cl)cc2I)C1. The Labute approximate surface area is 122 Å². The first kappa shape index (κ1) is 13.5. The minimum absolute atomic E-state index is 0.480. The van der Waals surface area contributed by atoms with Crippen LogP contribution in [0.5, 0.6) is 0 Å². The maximum absolute atomic E-state index is 5.97. The van der Waals surface area contributed by atoms with Gasteiger partial charge in [0.15, 0.2) is 0 Å². The molecule has 0 aliphatic heterocycles. The van der Waals surface area contributed by atoms with E-state index in [-0.39, 0.29) is 0 Å². The van der Waals surface area contributed by atoms with Crippen LogP contribution in [-0.2, 0) is 0 Å². The number of anilines is 1. The second-order valence-electron chi connectivity index (χ2n) is 5.73. The van der Waals surface area contributed by atoms with Gasteiger partial charge in [-0.15, -0.1) is 0 Å². The summed E-state index contributed by atoms with van der Waals surface area (Å²) in [5.74, 6) is 0. The summed E-state index contributed by atoms with van der Waals surface area (Å²) in [6, 6.07) is 6.66. The van der Waals surface area contributed by atoms with Crippen LogP contribution >= 0.6 is 34.2 Å². The van der Waals surface area contributed by atoms with Gasteiger partial charge in [-0.05, 0) is 65.5 Å². The van der Waals surface area contributed by atoms with E-state index in [0.717, 1.165) is 5.02 Å². The zero-order valence-electron chi connectivity index (χ0n) is 10.4. The Morgan fingerprint density at radius 3 is 2.82 bits per heavy atom. The Balaban J connectivity index is 2.05. The Bertz CT molecular complexity index is 403. The molecule has 1 aromatic carbocycles. The van der Waals surface area contributed by atoms with Crippen molar-refractivity contribution in [2.45, 2.75) is 45.6 Å². The van der Waals surface area contributed by atoms with Crippen LogP contribution in [0.15, 0.2) is 18.2 Å². The Kier molecular flexibility index (Phi) is 4.24. The van der Waals surface area contributed by atoms with E-state index in [9.17, 15) is 0 Å². The molecule has 1 unspecified atom stereocenters. The van der Waals surface area contributed by atoms with Crippen molar-refractivity contribution in [1.29, 1.82) is 0 Å². The lowest BCUT2D eigenvalue weighted by Gasteiger charge is -2.36. The van der Waals surface area contributed by atoms with Crippen LogP contribution in [0, 0.1) is 8.99 Å². The van der Waals surface area contributed by atoms with Gasteiger partial charge in [-0.3, -0.25) is 0 Å². The highest BCUT2D eigenvalue weighted by Crippen LogP contribution is 2.37. The Morgan fingerprint density at radius 2 is 2.18 bits per heavy atom. The molecule has 0 spiro atoms. The zero-order valence-corrected chi connectivity index (χ0v) is 13.3. The summed E-state index contributed by atoms with van der Waals surface area (Å²) in [6.07, 6.45) is 5.21. The van der Waals surface area contributed by atoms with Gasteiger partial charge in [0.2, 0.25) is 0 Å². The summed E-state index contributed by atoms with van der Waals surface area (Å²) >= 11 is 8.32. The number of hydrogen-bond acceptors (Lipinski definition) is 1. The van der Waals surface area contributed by atoms with E-state index < -0.39 is 0 Å². The van der Waals surface area contributed by atoms with Gasteiger partial charge in [-0.1, -0.05) is 31.9 Å². The molecule has 0 bridgehead atoms. The Hall–Kier alpha value is 0.0400. The first-order valence-corrected chi connectivity index (χ1v) is 7.63. The van der Waals surface area contributed by atoms with Gasteiger partial charge in [-0.2, -0.15) is 0 Å². The molecular formula is C14H19ClIN. The molecule has 1 atom stereocenters. The average molecular weight is 364 g/mol. The van der Waals surface area contributed by atoms with Crippen LogP contribution in [0.1, 0.15) is 39.5 Å². The molecule has 0 saturated heterocycles. The largest absolute Gasteiger partial charge is 0.381 e. The second-order valence-corrected chi connectivity index (χ2v) is 7.32. The van der Waals surface area contributed by atoms with E-state index in [0.29, 0.717) is 11.5 Å². The molecule has 1 fully saturated rings. The quantitative estimate of drug-likeness (QED) is 0.701. The van der Waals surface area contributed by atoms with Crippen LogP contribution in [0.2, 0.25) is 5.02 Å². The van der Waals surface area contributed by atoms with Gasteiger partial charge in [0.25, 0.3) is 0 Å². The van der Waals surface area contributed by atoms with Gasteiger partial charge in [0.1, 0.15) is 0 Å². The smallest absolute Gasteiger partial charge is 0.0479 e. The third kappa shape index (κ3) is 3.75. The van der Waals surface area contributed by atoms with Gasteiger partial charge in [0, 0.05) is 20.3 Å². The van der Waals surface area contributed by atoms with Crippen LogP contribution in [0.25, 0.3) is 0 Å². The van der Waals surface area contributed by atoms with Crippen molar-refractivity contribution in [3.63, 3.8) is 0 Å². The molecule has 1 N–H and O–H groups in total. The van der Waals surface area contributed by atoms with Crippen molar-refractivity contribution < 1.29 is 0 Å². The summed E-state index contributed by atoms with van der Waals surface area (Å²) in [7, 11) is 0. The fraction of sp³-hybridized carbons (Fsp3) is 0.571. The van der Waals surface area contributed by atoms with Crippen molar-refractivity contribution in [2.75, 3.05) is 5.32 Å². The van der Waals surface area contributed by atoms with Crippen LogP contribution in [0.3, 0.4) is 0 Å². The zero-order chi connectivity index (χ0) is 12.5. The molecule has 1 aliphatic carbocycles. The molecule has 3 heteroatoms. The van der Waals surface area contributed by atoms with E-state index in [2.05, 4.69) is 47.8 Å². The molecule has 0 amide bonds. The van der Waals surface area contributed by atoms with E-state index in [1.807, 2.05) is 12.1 Å². The number of benzene rings is 1. The number of nitrogens with one attached hydrogen (secondary N) is 1. The van der Waals surface area contributed by atoms with E-state index >= 15 is 0 Å². The average Bonchev–Trinajstić information content (AvgIpc) is 2.21. The first-order chi connectivity index (χ1) is 7.96. The second kappa shape index (κ2) is 5.35. The number of rotatable bonds is 2. The lowest BCUT2D eigenvalue weighted by atomic mass is 9.75. The minimum atomic E-state index is 0.480. The highest BCUT2D eigenvalue weighted by Gasteiger charge is 2.27. The molecule has 17 heavy (non-hydrogen) atoms. The lowest BCUT2D eigenvalue weighted by Crippen LogP contribution is -2.31. The van der Waals surface area contributed by atoms with E-state index in [1.54, 1.807) is 0 Å². The number of halogens is 2. The summed E-state index contributed by atoms with van der Waals surface area (Å²) in [5.41, 5.74) is 1.70. The molecule has 0 aromatic heterocycles. The molecule has 1 nitrogen and oxygen atoms in total. The maximum atomic E-state index is 5.97. The molecule has 1 aromatic rings. The predicted octanol–water partition coefficient (Wildman–Crippen LogP) is 5.33. The van der Waals surface area contributed by atoms with Gasteiger partial charge >= 0.3 is 0 Å². The van der Waals surface area contributed by atoms with Crippen molar-refractivity contribution in [2.24, 2.45) is 5.41 Å². The predicted molar refractivity (Wildman–Crippen MR) is 83.8 cm³/mol. The third-order valence-corrected chi connectivity index (χ3v) is 4.62. The molecule has 0 radical (unpaired) electrons. The fourth-order valence-corrected chi connectivity index (χ4v) is 3.67. The van der Waals surface area contributed by atoms with Crippen molar-refractivity contribution in [1.82, 2.24) is 0 Å². The van der Waals surface area contributed by atoms with Gasteiger partial charge in [-0.25, -0.2) is 0 Å². The normalized spacial score (nSPS) is 23.4. The summed E-state index contributed by atoms with van der Waals surface area (Å²) in [6.45, 7) is 4.74. The topological polar surface area (TPSA) is 12.0 Å². The number of hydrogen-bond donors (Lipinski definition) is 1. The minimum Gasteiger partial charge on any atom is -0.381 e. The standard InChI is InChI=1S/C14H19ClIN/c1-14(2)7-3-4-11(9-14)17-13-6-5-10(15)8-12(13)16/h5-6,8,11,17H,3-4,7,9H2,1-2H3. The monoisotopic (exact) mass is 363 g/mol. The fourth-order valence-electron chi connectivity index (χ4n) is 2.65. The highest BCUT2D eigenvalue weighted by atomic mass is 127. The molecule has 0 heterocycles. The highest BCUT2D eigenvalue weighted by molar-refractivity contribution is 14.1. The van der Waals surface area contributed by atoms with E-state index in [1.165, 1.54) is 34.9 Å². The molecular weight excluding hydrogens is 345 g/mol. The summed E-state index contributed by atoms with van der Waals surface area (Å²) in [4.78, 5) is 0. The van der Waals surface area contributed by atoms with Gasteiger partial charge in [0.05, 0.1) is 0 Å². The molecule has 1 aliphatic rings. The van der Waals surface area contributed by atoms with Crippen molar-refractivity contribution in [3.8, 4) is 0 Å². The Morgan fingerprint density at radius 1 is 1.41 bits per heavy atom. The van der Waals surface area contributed by atoms with Crippen molar-refractivity contribution >= 4 is 39.9 Å². The summed E-state index contributed by atoms with van der Waals surface area (Å²) < 4.78 is 1.21. The first-order valence-electron chi connectivity index (χ1n) is 6.18. The maximum Gasteiger partial charge on any atom is 0.0479 e. The lowest BCUT2D eigenvalue weighted by molar-refractivity contribution is 0.229. The van der Waals surface area contributed by atoms with Gasteiger partial charge < -0.3 is 5.32 Å².